The Morgan fingerprint density at radius 1 is 1.52 bits per heavy atom. The zero-order valence-corrected chi connectivity index (χ0v) is 13.0. The second-order valence-corrected chi connectivity index (χ2v) is 5.83. The first-order valence-corrected chi connectivity index (χ1v) is 7.81. The van der Waals surface area contributed by atoms with Crippen LogP contribution < -0.4 is 16.6 Å². The number of hydrogen-bond acceptors (Lipinski definition) is 5. The van der Waals surface area contributed by atoms with Gasteiger partial charge in [0.25, 0.3) is 5.91 Å². The molecule has 1 unspecified atom stereocenters. The van der Waals surface area contributed by atoms with E-state index in [-0.39, 0.29) is 11.9 Å². The average molecular weight is 304 g/mol. The van der Waals surface area contributed by atoms with Crippen molar-refractivity contribution < 1.29 is 4.79 Å². The highest BCUT2D eigenvalue weighted by atomic mass is 32.1. The number of aromatic nitrogens is 1. The minimum absolute atomic E-state index is 0.0226. The van der Waals surface area contributed by atoms with Crippen LogP contribution in [0.1, 0.15) is 46.7 Å². The Morgan fingerprint density at radius 3 is 2.95 bits per heavy atom. The number of nitrogens with two attached hydrogens (primary N) is 1. The molecule has 2 aromatic rings. The van der Waals surface area contributed by atoms with Crippen LogP contribution in [0.4, 0.5) is 5.69 Å². The van der Waals surface area contributed by atoms with Crippen LogP contribution in [0.25, 0.3) is 0 Å². The first-order valence-electron chi connectivity index (χ1n) is 6.93. The summed E-state index contributed by atoms with van der Waals surface area (Å²) in [6.45, 7) is 3.96. The zero-order chi connectivity index (χ0) is 15.2. The predicted octanol–water partition coefficient (Wildman–Crippen LogP) is 3.01. The molecule has 4 N–H and O–H groups in total. The highest BCUT2D eigenvalue weighted by molar-refractivity contribution is 7.10. The van der Waals surface area contributed by atoms with E-state index < -0.39 is 0 Å². The maximum Gasteiger partial charge on any atom is 0.255 e. The molecule has 1 atom stereocenters. The normalized spacial score (nSPS) is 12.0. The molecule has 6 heteroatoms. The largest absolute Gasteiger partial charge is 0.344 e. The number of rotatable bonds is 6. The molecule has 0 fully saturated rings. The second-order valence-electron chi connectivity index (χ2n) is 4.85. The van der Waals surface area contributed by atoms with E-state index in [4.69, 9.17) is 5.84 Å². The Kier molecular flexibility index (Phi) is 5.30. The molecule has 0 radical (unpaired) electrons. The van der Waals surface area contributed by atoms with E-state index in [1.165, 1.54) is 0 Å². The van der Waals surface area contributed by atoms with Crippen molar-refractivity contribution in [1.29, 1.82) is 0 Å². The third-order valence-corrected chi connectivity index (χ3v) is 4.20. The van der Waals surface area contributed by atoms with Gasteiger partial charge in [0.1, 0.15) is 0 Å². The van der Waals surface area contributed by atoms with Gasteiger partial charge in [0.05, 0.1) is 17.3 Å². The summed E-state index contributed by atoms with van der Waals surface area (Å²) in [7, 11) is 0. The lowest BCUT2D eigenvalue weighted by Crippen LogP contribution is -2.29. The molecule has 0 aromatic carbocycles. The summed E-state index contributed by atoms with van der Waals surface area (Å²) in [6, 6.07) is 5.82. The second kappa shape index (κ2) is 7.19. The van der Waals surface area contributed by atoms with Crippen molar-refractivity contribution in [2.45, 2.75) is 32.7 Å². The molecule has 0 aliphatic heterocycles. The van der Waals surface area contributed by atoms with Crippen LogP contribution in [-0.4, -0.2) is 10.9 Å². The van der Waals surface area contributed by atoms with Crippen molar-refractivity contribution in [2.75, 3.05) is 5.43 Å². The van der Waals surface area contributed by atoms with Gasteiger partial charge < -0.3 is 10.7 Å². The van der Waals surface area contributed by atoms with Gasteiger partial charge >= 0.3 is 0 Å². The predicted molar refractivity (Wildman–Crippen MR) is 86.2 cm³/mol. The summed E-state index contributed by atoms with van der Waals surface area (Å²) in [6.07, 6.45) is 3.45. The number of carbonyl (C=O) groups is 1. The number of carbonyl (C=O) groups excluding carboxylic acids is 1. The van der Waals surface area contributed by atoms with Gasteiger partial charge in [0.2, 0.25) is 0 Å². The van der Waals surface area contributed by atoms with Crippen LogP contribution in [-0.2, 0) is 0 Å². The Hall–Kier alpha value is -1.92. The minimum Gasteiger partial charge on any atom is -0.344 e. The number of nitrogen functional groups attached to an aromatic ring is 1. The van der Waals surface area contributed by atoms with Crippen LogP contribution >= 0.6 is 11.3 Å². The van der Waals surface area contributed by atoms with Crippen LogP contribution in [0, 0.1) is 6.92 Å². The summed E-state index contributed by atoms with van der Waals surface area (Å²) in [5.74, 6) is 5.32. The topological polar surface area (TPSA) is 80.0 Å². The van der Waals surface area contributed by atoms with Gasteiger partial charge in [-0.15, -0.1) is 11.3 Å². The standard InChI is InChI=1S/C15H20N4OS/c1-3-5-12(14-6-4-7-21-14)18-15(20)11-9-17-10(2)8-13(11)19-16/h4,6-9,12H,3,5,16H2,1-2H3,(H,17,19)(H,18,20). The Morgan fingerprint density at radius 2 is 2.33 bits per heavy atom. The molecule has 0 spiro atoms. The van der Waals surface area contributed by atoms with Gasteiger partial charge in [0, 0.05) is 16.8 Å². The number of aryl methyl sites for hydroxylation is 1. The Balaban J connectivity index is 2.19. The van der Waals surface area contributed by atoms with Crippen molar-refractivity contribution in [2.24, 2.45) is 5.84 Å². The number of hydrogen-bond donors (Lipinski definition) is 3. The molecule has 2 heterocycles. The summed E-state index contributed by atoms with van der Waals surface area (Å²) >= 11 is 1.65. The molecule has 0 bridgehead atoms. The number of amides is 1. The molecule has 0 saturated carbocycles. The number of nitrogens with zero attached hydrogens (tertiary/aromatic N) is 1. The minimum atomic E-state index is -0.165. The lowest BCUT2D eigenvalue weighted by atomic mass is 10.1. The summed E-state index contributed by atoms with van der Waals surface area (Å²) in [5.41, 5.74) is 4.41. The third kappa shape index (κ3) is 3.80. The molecular formula is C15H20N4OS. The first-order chi connectivity index (χ1) is 10.2. The van der Waals surface area contributed by atoms with Crippen molar-refractivity contribution in [3.63, 3.8) is 0 Å². The van der Waals surface area contributed by atoms with E-state index >= 15 is 0 Å². The molecule has 2 aromatic heterocycles. The number of hydrazine groups is 1. The molecule has 1 amide bonds. The van der Waals surface area contributed by atoms with Crippen LogP contribution in [0.2, 0.25) is 0 Å². The molecule has 112 valence electrons. The van der Waals surface area contributed by atoms with E-state index in [9.17, 15) is 4.79 Å². The van der Waals surface area contributed by atoms with Gasteiger partial charge in [-0.05, 0) is 30.9 Å². The lowest BCUT2D eigenvalue weighted by molar-refractivity contribution is 0.0935. The average Bonchev–Trinajstić information content (AvgIpc) is 3.00. The molecule has 0 saturated heterocycles. The number of pyridine rings is 1. The Labute approximate surface area is 128 Å². The van der Waals surface area contributed by atoms with E-state index in [0.29, 0.717) is 11.3 Å². The monoisotopic (exact) mass is 304 g/mol. The summed E-state index contributed by atoms with van der Waals surface area (Å²) < 4.78 is 0. The highest BCUT2D eigenvalue weighted by Crippen LogP contribution is 2.24. The third-order valence-electron chi connectivity index (χ3n) is 3.21. The quantitative estimate of drug-likeness (QED) is 0.566. The van der Waals surface area contributed by atoms with Gasteiger partial charge in [-0.25, -0.2) is 0 Å². The molecule has 2 rings (SSSR count). The van der Waals surface area contributed by atoms with E-state index in [1.54, 1.807) is 23.6 Å². The van der Waals surface area contributed by atoms with Crippen LogP contribution in [0.5, 0.6) is 0 Å². The van der Waals surface area contributed by atoms with Crippen molar-refractivity contribution >= 4 is 22.9 Å². The number of nitrogens with one attached hydrogen (secondary N) is 2. The fourth-order valence-corrected chi connectivity index (χ4v) is 2.97. The highest BCUT2D eigenvalue weighted by Gasteiger charge is 2.18. The maximum absolute atomic E-state index is 12.5. The molecule has 21 heavy (non-hydrogen) atoms. The van der Waals surface area contributed by atoms with Crippen molar-refractivity contribution in [1.82, 2.24) is 10.3 Å². The van der Waals surface area contributed by atoms with Gasteiger partial charge in [-0.1, -0.05) is 19.4 Å². The SMILES string of the molecule is CCCC(NC(=O)c1cnc(C)cc1NN)c1cccs1. The number of anilines is 1. The van der Waals surface area contributed by atoms with Gasteiger partial charge in [-0.3, -0.25) is 15.6 Å². The molecule has 0 aliphatic carbocycles. The summed E-state index contributed by atoms with van der Waals surface area (Å²) in [5, 5.41) is 5.09. The molecule has 5 nitrogen and oxygen atoms in total. The van der Waals surface area contributed by atoms with E-state index in [0.717, 1.165) is 23.4 Å². The summed E-state index contributed by atoms with van der Waals surface area (Å²) in [4.78, 5) is 17.8. The fourth-order valence-electron chi connectivity index (χ4n) is 2.16. The van der Waals surface area contributed by atoms with Crippen LogP contribution in [0.3, 0.4) is 0 Å². The van der Waals surface area contributed by atoms with Crippen molar-refractivity contribution in [3.8, 4) is 0 Å². The Bertz CT molecular complexity index is 598. The van der Waals surface area contributed by atoms with E-state index in [1.807, 2.05) is 24.4 Å². The molecule has 0 aliphatic rings. The smallest absolute Gasteiger partial charge is 0.255 e. The van der Waals surface area contributed by atoms with Gasteiger partial charge in [0.15, 0.2) is 0 Å². The molecular weight excluding hydrogens is 284 g/mol. The van der Waals surface area contributed by atoms with E-state index in [2.05, 4.69) is 22.7 Å². The lowest BCUT2D eigenvalue weighted by Gasteiger charge is -2.18. The maximum atomic E-state index is 12.5. The zero-order valence-electron chi connectivity index (χ0n) is 12.2. The van der Waals surface area contributed by atoms with Crippen LogP contribution in [0.15, 0.2) is 29.8 Å². The first kappa shape index (κ1) is 15.5. The van der Waals surface area contributed by atoms with Gasteiger partial charge in [-0.2, -0.15) is 0 Å². The number of thiophene rings is 1. The fraction of sp³-hybridized carbons (Fsp3) is 0.333. The van der Waals surface area contributed by atoms with Crippen molar-refractivity contribution in [3.05, 3.63) is 45.9 Å².